The number of nitrogens with zero attached hydrogens (tertiary/aromatic N) is 6. The first-order chi connectivity index (χ1) is 13.5. The highest BCUT2D eigenvalue weighted by atomic mass is 16.5. The zero-order chi connectivity index (χ0) is 19.7. The lowest BCUT2D eigenvalue weighted by Crippen LogP contribution is -2.58. The van der Waals surface area contributed by atoms with E-state index in [1.807, 2.05) is 0 Å². The minimum Gasteiger partial charge on any atom is -0.361 e. The highest BCUT2D eigenvalue weighted by Crippen LogP contribution is 2.20. The van der Waals surface area contributed by atoms with Crippen molar-refractivity contribution in [1.29, 1.82) is 0 Å². The van der Waals surface area contributed by atoms with Crippen molar-refractivity contribution in [2.75, 3.05) is 13.1 Å². The van der Waals surface area contributed by atoms with Crippen molar-refractivity contribution in [3.8, 4) is 0 Å². The molecule has 1 saturated heterocycles. The lowest BCUT2D eigenvalue weighted by Gasteiger charge is -2.34. The Morgan fingerprint density at radius 2 is 2.18 bits per heavy atom. The zero-order valence-electron chi connectivity index (χ0n) is 15.5. The topological polar surface area (TPSA) is 132 Å². The van der Waals surface area contributed by atoms with Gasteiger partial charge in [-0.25, -0.2) is 0 Å². The molecule has 0 radical (unpaired) electrons. The van der Waals surface area contributed by atoms with E-state index in [1.165, 1.54) is 4.90 Å². The molecule has 2 amide bonds. The molecule has 4 rings (SSSR count). The van der Waals surface area contributed by atoms with E-state index in [1.54, 1.807) is 37.0 Å². The van der Waals surface area contributed by atoms with Crippen LogP contribution in [0.3, 0.4) is 0 Å². The Bertz CT molecular complexity index is 991. The molecule has 1 N–H and O–H groups in total. The molecule has 1 aliphatic rings. The van der Waals surface area contributed by atoms with Crippen molar-refractivity contribution in [2.45, 2.75) is 32.9 Å². The molecule has 0 aliphatic carbocycles. The van der Waals surface area contributed by atoms with Crippen LogP contribution in [0.1, 0.15) is 33.5 Å². The molecule has 4 heterocycles. The van der Waals surface area contributed by atoms with Gasteiger partial charge in [-0.15, -0.1) is 0 Å². The van der Waals surface area contributed by atoms with Crippen LogP contribution >= 0.6 is 0 Å². The van der Waals surface area contributed by atoms with Crippen LogP contribution in [-0.2, 0) is 17.8 Å². The SMILES string of the molecule is Cc1noc(CC2C(=O)NCCN2C(=O)c2noc(C)c2Cn2cccn2)n1. The Balaban J connectivity index is 1.61. The van der Waals surface area contributed by atoms with Gasteiger partial charge in [0.15, 0.2) is 11.5 Å². The van der Waals surface area contributed by atoms with Crippen molar-refractivity contribution in [1.82, 2.24) is 35.3 Å². The number of aryl methyl sites for hydroxylation is 2. The third kappa shape index (κ3) is 3.38. The van der Waals surface area contributed by atoms with Gasteiger partial charge < -0.3 is 19.3 Å². The molecule has 11 nitrogen and oxygen atoms in total. The Hall–Kier alpha value is -3.50. The van der Waals surface area contributed by atoms with E-state index in [2.05, 4.69) is 25.7 Å². The first-order valence-electron chi connectivity index (χ1n) is 8.83. The largest absolute Gasteiger partial charge is 0.361 e. The van der Waals surface area contributed by atoms with Gasteiger partial charge in [-0.05, 0) is 19.9 Å². The molecule has 1 fully saturated rings. The van der Waals surface area contributed by atoms with E-state index in [-0.39, 0.29) is 23.9 Å². The quantitative estimate of drug-likeness (QED) is 0.654. The molecule has 0 aromatic carbocycles. The van der Waals surface area contributed by atoms with Crippen molar-refractivity contribution in [3.63, 3.8) is 0 Å². The Morgan fingerprint density at radius 3 is 2.89 bits per heavy atom. The molecule has 11 heteroatoms. The van der Waals surface area contributed by atoms with Gasteiger partial charge in [-0.3, -0.25) is 14.3 Å². The van der Waals surface area contributed by atoms with Crippen molar-refractivity contribution in [2.24, 2.45) is 0 Å². The molecular weight excluding hydrogens is 366 g/mol. The smallest absolute Gasteiger partial charge is 0.277 e. The summed E-state index contributed by atoms with van der Waals surface area (Å²) in [5, 5.41) is 14.6. The van der Waals surface area contributed by atoms with Gasteiger partial charge in [0, 0.05) is 31.0 Å². The minimum atomic E-state index is -0.768. The molecule has 0 spiro atoms. The third-order valence-electron chi connectivity index (χ3n) is 4.60. The van der Waals surface area contributed by atoms with Crippen LogP contribution in [0.15, 0.2) is 27.5 Å². The summed E-state index contributed by atoms with van der Waals surface area (Å²) < 4.78 is 12.1. The zero-order valence-corrected chi connectivity index (χ0v) is 15.5. The molecule has 1 unspecified atom stereocenters. The van der Waals surface area contributed by atoms with Crippen molar-refractivity contribution < 1.29 is 18.6 Å². The van der Waals surface area contributed by atoms with Gasteiger partial charge in [0.25, 0.3) is 5.91 Å². The first-order valence-corrected chi connectivity index (χ1v) is 8.83. The molecule has 3 aromatic rings. The number of hydrogen-bond acceptors (Lipinski definition) is 8. The average Bonchev–Trinajstić information content (AvgIpc) is 3.40. The van der Waals surface area contributed by atoms with Gasteiger partial charge in [0.2, 0.25) is 11.8 Å². The fourth-order valence-electron chi connectivity index (χ4n) is 3.19. The third-order valence-corrected chi connectivity index (χ3v) is 4.60. The maximum Gasteiger partial charge on any atom is 0.277 e. The van der Waals surface area contributed by atoms with Crippen molar-refractivity contribution >= 4 is 11.8 Å². The van der Waals surface area contributed by atoms with E-state index in [0.29, 0.717) is 42.7 Å². The summed E-state index contributed by atoms with van der Waals surface area (Å²) in [7, 11) is 0. The van der Waals surface area contributed by atoms with Gasteiger partial charge >= 0.3 is 0 Å². The number of carbonyl (C=O) groups is 2. The summed E-state index contributed by atoms with van der Waals surface area (Å²) >= 11 is 0. The summed E-state index contributed by atoms with van der Waals surface area (Å²) in [6.45, 7) is 4.47. The number of aromatic nitrogens is 5. The number of amides is 2. The number of hydrogen-bond donors (Lipinski definition) is 1. The predicted octanol–water partition coefficient (Wildman–Crippen LogP) is 0.103. The Kier molecular flexibility index (Phi) is 4.63. The maximum atomic E-state index is 13.2. The number of carbonyl (C=O) groups excluding carboxylic acids is 2. The van der Waals surface area contributed by atoms with E-state index in [4.69, 9.17) is 9.05 Å². The van der Waals surface area contributed by atoms with Crippen LogP contribution < -0.4 is 5.32 Å². The second-order valence-electron chi connectivity index (χ2n) is 6.51. The fourth-order valence-corrected chi connectivity index (χ4v) is 3.19. The predicted molar refractivity (Wildman–Crippen MR) is 93.1 cm³/mol. The standard InChI is InChI=1S/C17H19N7O4/c1-10-12(9-23-6-3-4-19-23)15(22-27-10)17(26)24-7-5-18-16(25)13(24)8-14-20-11(2)21-28-14/h3-4,6,13H,5,7-9H2,1-2H3,(H,18,25). The summed E-state index contributed by atoms with van der Waals surface area (Å²) in [5.41, 5.74) is 0.807. The lowest BCUT2D eigenvalue weighted by molar-refractivity contribution is -0.128. The Labute approximate surface area is 159 Å². The molecule has 0 saturated carbocycles. The second-order valence-corrected chi connectivity index (χ2v) is 6.51. The number of rotatable bonds is 5. The van der Waals surface area contributed by atoms with Crippen LogP contribution in [-0.4, -0.2) is 60.9 Å². The van der Waals surface area contributed by atoms with Gasteiger partial charge in [0.1, 0.15) is 11.8 Å². The highest BCUT2D eigenvalue weighted by Gasteiger charge is 2.37. The van der Waals surface area contributed by atoms with Crippen LogP contribution in [0.4, 0.5) is 0 Å². The molecule has 0 bridgehead atoms. The Morgan fingerprint density at radius 1 is 1.32 bits per heavy atom. The molecular formula is C17H19N7O4. The van der Waals surface area contributed by atoms with Crippen LogP contribution in [0.25, 0.3) is 0 Å². The molecule has 146 valence electrons. The molecule has 1 atom stereocenters. The van der Waals surface area contributed by atoms with Crippen LogP contribution in [0, 0.1) is 13.8 Å². The van der Waals surface area contributed by atoms with E-state index in [0.717, 1.165) is 0 Å². The van der Waals surface area contributed by atoms with Crippen LogP contribution in [0.2, 0.25) is 0 Å². The fraction of sp³-hybridized carbons (Fsp3) is 0.412. The average molecular weight is 385 g/mol. The second kappa shape index (κ2) is 7.25. The first kappa shape index (κ1) is 17.9. The normalized spacial score (nSPS) is 17.0. The van der Waals surface area contributed by atoms with Crippen LogP contribution in [0.5, 0.6) is 0 Å². The molecule has 3 aromatic heterocycles. The number of nitrogens with one attached hydrogen (secondary N) is 1. The summed E-state index contributed by atoms with van der Waals surface area (Å²) in [4.78, 5) is 31.3. The van der Waals surface area contributed by atoms with Gasteiger partial charge in [-0.1, -0.05) is 10.3 Å². The molecule has 1 aliphatic heterocycles. The van der Waals surface area contributed by atoms with Gasteiger partial charge in [-0.2, -0.15) is 10.1 Å². The molecule has 28 heavy (non-hydrogen) atoms. The number of piperazine rings is 1. The van der Waals surface area contributed by atoms with E-state index >= 15 is 0 Å². The minimum absolute atomic E-state index is 0.129. The maximum absolute atomic E-state index is 13.2. The highest BCUT2D eigenvalue weighted by molar-refractivity contribution is 5.98. The van der Waals surface area contributed by atoms with Gasteiger partial charge in [0.05, 0.1) is 13.0 Å². The van der Waals surface area contributed by atoms with E-state index in [9.17, 15) is 9.59 Å². The summed E-state index contributed by atoms with van der Waals surface area (Å²) in [5.74, 6) is 0.645. The van der Waals surface area contributed by atoms with E-state index < -0.39 is 6.04 Å². The lowest BCUT2D eigenvalue weighted by atomic mass is 10.1. The summed E-state index contributed by atoms with van der Waals surface area (Å²) in [6, 6.07) is 1.03. The van der Waals surface area contributed by atoms with Crippen molar-refractivity contribution in [3.05, 3.63) is 47.2 Å². The summed E-state index contributed by atoms with van der Waals surface area (Å²) in [6.07, 6.45) is 3.57. The monoisotopic (exact) mass is 385 g/mol.